The SMILES string of the molecule is CC1(C(F)(F)F)NC(=O)N(c2cccc(F)c2)C1=O. The lowest BCUT2D eigenvalue weighted by Crippen LogP contribution is -2.56. The highest BCUT2D eigenvalue weighted by atomic mass is 19.4. The van der Waals surface area contributed by atoms with Crippen molar-refractivity contribution in [2.45, 2.75) is 18.6 Å². The number of halogens is 4. The number of hydrogen-bond donors (Lipinski definition) is 1. The van der Waals surface area contributed by atoms with Crippen LogP contribution in [0.4, 0.5) is 28.0 Å². The molecule has 1 N–H and O–H groups in total. The van der Waals surface area contributed by atoms with Crippen molar-refractivity contribution in [3.8, 4) is 0 Å². The Balaban J connectivity index is 2.45. The number of rotatable bonds is 1. The predicted octanol–water partition coefficient (Wildman–Crippen LogP) is 2.20. The van der Waals surface area contributed by atoms with Gasteiger partial charge < -0.3 is 5.32 Å². The van der Waals surface area contributed by atoms with E-state index in [0.29, 0.717) is 6.92 Å². The monoisotopic (exact) mass is 276 g/mol. The Kier molecular flexibility index (Phi) is 2.76. The molecule has 1 heterocycles. The molecule has 0 aliphatic carbocycles. The zero-order valence-electron chi connectivity index (χ0n) is 9.58. The number of urea groups is 1. The molecule has 4 nitrogen and oxygen atoms in total. The van der Waals surface area contributed by atoms with Crippen molar-refractivity contribution in [2.24, 2.45) is 0 Å². The zero-order valence-corrected chi connectivity index (χ0v) is 9.58. The van der Waals surface area contributed by atoms with Crippen LogP contribution in [-0.4, -0.2) is 23.7 Å². The van der Waals surface area contributed by atoms with E-state index >= 15 is 0 Å². The van der Waals surface area contributed by atoms with Crippen LogP contribution in [0.3, 0.4) is 0 Å². The summed E-state index contributed by atoms with van der Waals surface area (Å²) in [7, 11) is 0. The summed E-state index contributed by atoms with van der Waals surface area (Å²) in [6.07, 6.45) is -4.94. The highest BCUT2D eigenvalue weighted by Gasteiger charge is 2.64. The number of hydrogen-bond acceptors (Lipinski definition) is 2. The standard InChI is InChI=1S/C11H8F4N2O2/c1-10(11(13,14)15)8(18)17(9(19)16-10)7-4-2-3-6(12)5-7/h2-5H,1H3,(H,16,19). The number of benzene rings is 1. The van der Waals surface area contributed by atoms with Crippen molar-refractivity contribution in [1.29, 1.82) is 0 Å². The first-order valence-corrected chi connectivity index (χ1v) is 5.16. The van der Waals surface area contributed by atoms with E-state index in [1.807, 2.05) is 0 Å². The molecule has 1 fully saturated rings. The molecule has 1 saturated heterocycles. The van der Waals surface area contributed by atoms with Crippen LogP contribution in [0.25, 0.3) is 0 Å². The second-order valence-corrected chi connectivity index (χ2v) is 4.17. The van der Waals surface area contributed by atoms with Crippen molar-refractivity contribution < 1.29 is 27.2 Å². The van der Waals surface area contributed by atoms with Crippen molar-refractivity contribution >= 4 is 17.6 Å². The van der Waals surface area contributed by atoms with Crippen molar-refractivity contribution in [1.82, 2.24) is 5.32 Å². The molecule has 1 aromatic rings. The highest BCUT2D eigenvalue weighted by molar-refractivity contribution is 6.23. The normalized spacial score (nSPS) is 23.7. The third kappa shape index (κ3) is 1.92. The Labute approximate surface area is 105 Å². The molecule has 0 bridgehead atoms. The molecular formula is C11H8F4N2O2. The van der Waals surface area contributed by atoms with Crippen LogP contribution in [0, 0.1) is 5.82 Å². The molecule has 1 unspecified atom stereocenters. The van der Waals surface area contributed by atoms with Crippen molar-refractivity contribution in [3.63, 3.8) is 0 Å². The first-order chi connectivity index (χ1) is 8.67. The summed E-state index contributed by atoms with van der Waals surface area (Å²) in [6, 6.07) is 2.97. The van der Waals surface area contributed by atoms with Gasteiger partial charge in [0.1, 0.15) is 5.82 Å². The van der Waals surface area contributed by atoms with E-state index in [2.05, 4.69) is 0 Å². The summed E-state index contributed by atoms with van der Waals surface area (Å²) in [5.41, 5.74) is -3.26. The molecule has 3 amide bonds. The fraction of sp³-hybridized carbons (Fsp3) is 0.273. The van der Waals surface area contributed by atoms with Gasteiger partial charge in [-0.05, 0) is 25.1 Å². The van der Waals surface area contributed by atoms with Gasteiger partial charge in [0.05, 0.1) is 5.69 Å². The second-order valence-electron chi connectivity index (χ2n) is 4.17. The fourth-order valence-electron chi connectivity index (χ4n) is 1.68. The zero-order chi connectivity index (χ0) is 14.4. The Morgan fingerprint density at radius 2 is 1.89 bits per heavy atom. The van der Waals surface area contributed by atoms with Crippen molar-refractivity contribution in [2.75, 3.05) is 4.90 Å². The Hall–Kier alpha value is -2.12. The number of carbonyl (C=O) groups excluding carboxylic acids is 2. The van der Waals surface area contributed by atoms with Gasteiger partial charge in [0.25, 0.3) is 5.91 Å². The molecule has 1 aliphatic heterocycles. The molecule has 8 heteroatoms. The van der Waals surface area contributed by atoms with Gasteiger partial charge in [-0.1, -0.05) is 6.07 Å². The van der Waals surface area contributed by atoms with Crippen LogP contribution < -0.4 is 10.2 Å². The molecule has 0 saturated carbocycles. The molecule has 0 aromatic heterocycles. The first kappa shape index (κ1) is 13.3. The number of amides is 3. The van der Waals surface area contributed by atoms with Crippen LogP contribution in [0.1, 0.15) is 6.92 Å². The number of alkyl halides is 3. The summed E-state index contributed by atoms with van der Waals surface area (Å²) in [4.78, 5) is 23.6. The lowest BCUT2D eigenvalue weighted by atomic mass is 10.0. The van der Waals surface area contributed by atoms with Crippen LogP contribution in [-0.2, 0) is 4.79 Å². The van der Waals surface area contributed by atoms with E-state index in [1.165, 1.54) is 12.1 Å². The molecular weight excluding hydrogens is 268 g/mol. The van der Waals surface area contributed by atoms with Crippen LogP contribution in [0.15, 0.2) is 24.3 Å². The minimum absolute atomic E-state index is 0.254. The van der Waals surface area contributed by atoms with Gasteiger partial charge in [-0.25, -0.2) is 14.1 Å². The molecule has 0 spiro atoms. The third-order valence-corrected chi connectivity index (χ3v) is 2.82. The Morgan fingerprint density at radius 1 is 1.26 bits per heavy atom. The first-order valence-electron chi connectivity index (χ1n) is 5.16. The van der Waals surface area contributed by atoms with Gasteiger partial charge in [-0.15, -0.1) is 0 Å². The maximum absolute atomic E-state index is 13.0. The average molecular weight is 276 g/mol. The Morgan fingerprint density at radius 3 is 2.37 bits per heavy atom. The highest BCUT2D eigenvalue weighted by Crippen LogP contribution is 2.36. The molecule has 102 valence electrons. The summed E-state index contributed by atoms with van der Waals surface area (Å²) in [6.45, 7) is 0.562. The number of nitrogens with one attached hydrogen (secondary N) is 1. The van der Waals surface area contributed by atoms with Gasteiger partial charge in [-0.2, -0.15) is 13.2 Å². The molecule has 19 heavy (non-hydrogen) atoms. The van der Waals surface area contributed by atoms with Gasteiger partial charge in [-0.3, -0.25) is 4.79 Å². The smallest absolute Gasteiger partial charge is 0.315 e. The third-order valence-electron chi connectivity index (χ3n) is 2.82. The minimum atomic E-state index is -4.94. The predicted molar refractivity (Wildman–Crippen MR) is 56.9 cm³/mol. The van der Waals surface area contributed by atoms with Crippen molar-refractivity contribution in [3.05, 3.63) is 30.1 Å². The lowest BCUT2D eigenvalue weighted by Gasteiger charge is -2.24. The maximum atomic E-state index is 13.0. The second kappa shape index (κ2) is 3.94. The van der Waals surface area contributed by atoms with Crippen LogP contribution >= 0.6 is 0 Å². The van der Waals surface area contributed by atoms with E-state index in [1.54, 1.807) is 5.32 Å². The van der Waals surface area contributed by atoms with Crippen LogP contribution in [0.5, 0.6) is 0 Å². The molecule has 2 rings (SSSR count). The van der Waals surface area contributed by atoms with E-state index in [0.717, 1.165) is 12.1 Å². The van der Waals surface area contributed by atoms with E-state index in [-0.39, 0.29) is 10.6 Å². The average Bonchev–Trinajstić information content (AvgIpc) is 2.50. The maximum Gasteiger partial charge on any atom is 0.420 e. The topological polar surface area (TPSA) is 49.4 Å². The summed E-state index contributed by atoms with van der Waals surface area (Å²) in [5, 5.41) is 1.58. The Bertz CT molecular complexity index is 558. The number of carbonyl (C=O) groups is 2. The fourth-order valence-corrected chi connectivity index (χ4v) is 1.68. The largest absolute Gasteiger partial charge is 0.420 e. The van der Waals surface area contributed by atoms with Gasteiger partial charge in [0, 0.05) is 0 Å². The minimum Gasteiger partial charge on any atom is -0.315 e. The molecule has 1 atom stereocenters. The number of imide groups is 1. The molecule has 1 aromatic carbocycles. The number of nitrogens with zero attached hydrogens (tertiary/aromatic N) is 1. The lowest BCUT2D eigenvalue weighted by molar-refractivity contribution is -0.187. The van der Waals surface area contributed by atoms with Gasteiger partial charge in [0.2, 0.25) is 5.54 Å². The number of anilines is 1. The summed E-state index contributed by atoms with van der Waals surface area (Å²) < 4.78 is 51.4. The van der Waals surface area contributed by atoms with Gasteiger partial charge in [0.15, 0.2) is 0 Å². The van der Waals surface area contributed by atoms with E-state index in [9.17, 15) is 27.2 Å². The van der Waals surface area contributed by atoms with E-state index < -0.39 is 29.5 Å². The molecule has 1 aliphatic rings. The quantitative estimate of drug-likeness (QED) is 0.631. The summed E-state index contributed by atoms with van der Waals surface area (Å²) >= 11 is 0. The van der Waals surface area contributed by atoms with E-state index in [4.69, 9.17) is 0 Å². The van der Waals surface area contributed by atoms with Crippen LogP contribution in [0.2, 0.25) is 0 Å². The molecule has 0 radical (unpaired) electrons. The van der Waals surface area contributed by atoms with Gasteiger partial charge >= 0.3 is 12.2 Å². The summed E-state index contributed by atoms with van der Waals surface area (Å²) in [5.74, 6) is -2.26.